The van der Waals surface area contributed by atoms with Crippen LogP contribution in [0.25, 0.3) is 0 Å². The van der Waals surface area contributed by atoms with Crippen molar-refractivity contribution in [1.82, 2.24) is 0 Å². The molecular formula is C11H15FO3. The molecule has 0 aliphatic rings. The van der Waals surface area contributed by atoms with Crippen molar-refractivity contribution in [3.8, 4) is 5.75 Å². The van der Waals surface area contributed by atoms with E-state index in [4.69, 9.17) is 9.47 Å². The molecule has 0 fully saturated rings. The van der Waals surface area contributed by atoms with Gasteiger partial charge in [0.1, 0.15) is 18.2 Å². The summed E-state index contributed by atoms with van der Waals surface area (Å²) in [5, 5.41) is 9.41. The van der Waals surface area contributed by atoms with Crippen molar-refractivity contribution < 1.29 is 19.0 Å². The fourth-order valence-corrected chi connectivity index (χ4v) is 1.21. The van der Waals surface area contributed by atoms with Gasteiger partial charge in [0.15, 0.2) is 0 Å². The van der Waals surface area contributed by atoms with Gasteiger partial charge in [-0.05, 0) is 25.1 Å². The molecule has 15 heavy (non-hydrogen) atoms. The van der Waals surface area contributed by atoms with Gasteiger partial charge in [-0.25, -0.2) is 4.39 Å². The summed E-state index contributed by atoms with van der Waals surface area (Å²) in [6.45, 7) is 2.40. The second-order valence-corrected chi connectivity index (χ2v) is 3.20. The van der Waals surface area contributed by atoms with E-state index in [9.17, 15) is 9.50 Å². The highest BCUT2D eigenvalue weighted by Gasteiger charge is 2.10. The van der Waals surface area contributed by atoms with Gasteiger partial charge in [-0.1, -0.05) is 0 Å². The Morgan fingerprint density at radius 3 is 2.73 bits per heavy atom. The first-order valence-corrected chi connectivity index (χ1v) is 4.74. The second-order valence-electron chi connectivity index (χ2n) is 3.20. The van der Waals surface area contributed by atoms with Gasteiger partial charge in [-0.15, -0.1) is 0 Å². The van der Waals surface area contributed by atoms with Crippen LogP contribution in [-0.4, -0.2) is 25.4 Å². The molecular weight excluding hydrogens is 199 g/mol. The van der Waals surface area contributed by atoms with Crippen LogP contribution in [0.1, 0.15) is 18.6 Å². The standard InChI is InChI=1S/C11H15FO3/c1-8(13)10-7-9(12)3-4-11(10)15-6-5-14-2/h3-4,7-8,13H,5-6H2,1-2H3. The summed E-state index contributed by atoms with van der Waals surface area (Å²) in [6.07, 6.45) is -0.752. The fourth-order valence-electron chi connectivity index (χ4n) is 1.21. The largest absolute Gasteiger partial charge is 0.491 e. The molecule has 0 radical (unpaired) electrons. The summed E-state index contributed by atoms with van der Waals surface area (Å²) < 4.78 is 23.1. The average Bonchev–Trinajstić information content (AvgIpc) is 2.20. The molecule has 0 spiro atoms. The highest BCUT2D eigenvalue weighted by atomic mass is 19.1. The van der Waals surface area contributed by atoms with Gasteiger partial charge in [-0.2, -0.15) is 0 Å². The van der Waals surface area contributed by atoms with Gasteiger partial charge in [0.05, 0.1) is 12.7 Å². The second kappa shape index (κ2) is 5.68. The predicted octanol–water partition coefficient (Wildman–Crippen LogP) is 1.90. The van der Waals surface area contributed by atoms with Crippen molar-refractivity contribution in [3.05, 3.63) is 29.6 Å². The first kappa shape index (κ1) is 11.9. The molecule has 0 bridgehead atoms. The van der Waals surface area contributed by atoms with E-state index in [2.05, 4.69) is 0 Å². The molecule has 0 saturated carbocycles. The lowest BCUT2D eigenvalue weighted by molar-refractivity contribution is 0.141. The lowest BCUT2D eigenvalue weighted by atomic mass is 10.1. The summed E-state index contributed by atoms with van der Waals surface area (Å²) in [5.74, 6) is 0.105. The molecule has 1 N–H and O–H groups in total. The molecule has 1 aromatic rings. The van der Waals surface area contributed by atoms with E-state index in [-0.39, 0.29) is 5.82 Å². The number of methoxy groups -OCH3 is 1. The van der Waals surface area contributed by atoms with Gasteiger partial charge in [-0.3, -0.25) is 0 Å². The number of aliphatic hydroxyl groups excluding tert-OH is 1. The monoisotopic (exact) mass is 214 g/mol. The minimum absolute atomic E-state index is 0.377. The first-order chi connectivity index (χ1) is 7.15. The highest BCUT2D eigenvalue weighted by Crippen LogP contribution is 2.25. The van der Waals surface area contributed by atoms with Gasteiger partial charge < -0.3 is 14.6 Å². The van der Waals surface area contributed by atoms with Crippen molar-refractivity contribution in [2.75, 3.05) is 20.3 Å². The lowest BCUT2D eigenvalue weighted by Crippen LogP contribution is -2.07. The Balaban J connectivity index is 2.77. The number of benzene rings is 1. The Labute approximate surface area is 88.4 Å². The van der Waals surface area contributed by atoms with Gasteiger partial charge >= 0.3 is 0 Å². The van der Waals surface area contributed by atoms with Crippen LogP contribution in [0.15, 0.2) is 18.2 Å². The Kier molecular flexibility index (Phi) is 4.52. The predicted molar refractivity (Wildman–Crippen MR) is 54.4 cm³/mol. The molecule has 1 rings (SSSR count). The van der Waals surface area contributed by atoms with Crippen molar-refractivity contribution in [2.45, 2.75) is 13.0 Å². The number of halogens is 1. The van der Waals surface area contributed by atoms with E-state index < -0.39 is 6.10 Å². The number of ether oxygens (including phenoxy) is 2. The third-order valence-electron chi connectivity index (χ3n) is 1.97. The fraction of sp³-hybridized carbons (Fsp3) is 0.455. The molecule has 1 unspecified atom stereocenters. The quantitative estimate of drug-likeness (QED) is 0.761. The summed E-state index contributed by atoms with van der Waals surface area (Å²) in [6, 6.07) is 4.08. The van der Waals surface area contributed by atoms with Crippen LogP contribution >= 0.6 is 0 Å². The zero-order valence-corrected chi connectivity index (χ0v) is 8.87. The minimum atomic E-state index is -0.752. The lowest BCUT2D eigenvalue weighted by Gasteiger charge is -2.13. The molecule has 0 aliphatic heterocycles. The first-order valence-electron chi connectivity index (χ1n) is 4.74. The van der Waals surface area contributed by atoms with Crippen molar-refractivity contribution in [1.29, 1.82) is 0 Å². The number of aliphatic hydroxyl groups is 1. The molecule has 84 valence electrons. The van der Waals surface area contributed by atoms with Crippen LogP contribution in [0.2, 0.25) is 0 Å². The van der Waals surface area contributed by atoms with Crippen molar-refractivity contribution >= 4 is 0 Å². The van der Waals surface area contributed by atoms with Crippen LogP contribution < -0.4 is 4.74 Å². The summed E-state index contributed by atoms with van der Waals surface area (Å²) in [5.41, 5.74) is 0.450. The third kappa shape index (κ3) is 3.49. The smallest absolute Gasteiger partial charge is 0.125 e. The van der Waals surface area contributed by atoms with E-state index in [0.29, 0.717) is 24.5 Å². The maximum absolute atomic E-state index is 12.9. The van der Waals surface area contributed by atoms with Crippen LogP contribution in [0.3, 0.4) is 0 Å². The van der Waals surface area contributed by atoms with Gasteiger partial charge in [0, 0.05) is 12.7 Å². The Morgan fingerprint density at radius 1 is 1.40 bits per heavy atom. The average molecular weight is 214 g/mol. The Bertz CT molecular complexity index is 313. The third-order valence-corrected chi connectivity index (χ3v) is 1.97. The maximum Gasteiger partial charge on any atom is 0.125 e. The normalized spacial score (nSPS) is 12.5. The van der Waals surface area contributed by atoms with Crippen LogP contribution in [0.5, 0.6) is 5.75 Å². The van der Waals surface area contributed by atoms with Crippen molar-refractivity contribution in [2.24, 2.45) is 0 Å². The molecule has 0 aromatic heterocycles. The molecule has 4 heteroatoms. The van der Waals surface area contributed by atoms with Gasteiger partial charge in [0.2, 0.25) is 0 Å². The zero-order chi connectivity index (χ0) is 11.3. The summed E-state index contributed by atoms with van der Waals surface area (Å²) in [7, 11) is 1.57. The van der Waals surface area contributed by atoms with E-state index in [1.54, 1.807) is 14.0 Å². The van der Waals surface area contributed by atoms with Crippen LogP contribution in [-0.2, 0) is 4.74 Å². The number of rotatable bonds is 5. The molecule has 0 saturated heterocycles. The SMILES string of the molecule is COCCOc1ccc(F)cc1C(C)O. The van der Waals surface area contributed by atoms with Gasteiger partial charge in [0.25, 0.3) is 0 Å². The summed E-state index contributed by atoms with van der Waals surface area (Å²) >= 11 is 0. The molecule has 0 aliphatic carbocycles. The topological polar surface area (TPSA) is 38.7 Å². The van der Waals surface area contributed by atoms with E-state index >= 15 is 0 Å². The molecule has 0 heterocycles. The molecule has 1 aromatic carbocycles. The van der Waals surface area contributed by atoms with E-state index in [0.717, 1.165) is 0 Å². The van der Waals surface area contributed by atoms with Crippen LogP contribution in [0, 0.1) is 5.82 Å². The maximum atomic E-state index is 12.9. The number of hydrogen-bond donors (Lipinski definition) is 1. The van der Waals surface area contributed by atoms with Crippen molar-refractivity contribution in [3.63, 3.8) is 0 Å². The minimum Gasteiger partial charge on any atom is -0.491 e. The Morgan fingerprint density at radius 2 is 2.13 bits per heavy atom. The van der Waals surface area contributed by atoms with Crippen LogP contribution in [0.4, 0.5) is 4.39 Å². The zero-order valence-electron chi connectivity index (χ0n) is 8.87. The van der Waals surface area contributed by atoms with E-state index in [1.165, 1.54) is 18.2 Å². The molecule has 3 nitrogen and oxygen atoms in total. The molecule has 1 atom stereocenters. The summed E-state index contributed by atoms with van der Waals surface area (Å²) in [4.78, 5) is 0. The molecule has 0 amide bonds. The Hall–Kier alpha value is -1.13. The van der Waals surface area contributed by atoms with E-state index in [1.807, 2.05) is 0 Å². The highest BCUT2D eigenvalue weighted by molar-refractivity contribution is 5.35. The number of hydrogen-bond acceptors (Lipinski definition) is 3.